The van der Waals surface area contributed by atoms with Crippen LogP contribution in [0.5, 0.6) is 0 Å². The summed E-state index contributed by atoms with van der Waals surface area (Å²) in [6.07, 6.45) is 4.19. The van der Waals surface area contributed by atoms with Crippen molar-refractivity contribution < 1.29 is 9.90 Å². The first kappa shape index (κ1) is 19.0. The summed E-state index contributed by atoms with van der Waals surface area (Å²) >= 11 is 0. The Bertz CT molecular complexity index is 703. The first-order valence-corrected chi connectivity index (χ1v) is 8.54. The second-order valence-corrected chi connectivity index (χ2v) is 7.47. The van der Waals surface area contributed by atoms with Crippen molar-refractivity contribution in [3.8, 4) is 0 Å². The largest absolute Gasteiger partial charge is 0.396 e. The highest BCUT2D eigenvalue weighted by Gasteiger charge is 2.22. The molecular weight excluding hydrogens is 316 g/mol. The van der Waals surface area contributed by atoms with E-state index in [1.807, 2.05) is 42.4 Å². The molecule has 0 saturated heterocycles. The Hall–Kier alpha value is -2.34. The molecule has 1 aromatic heterocycles. The van der Waals surface area contributed by atoms with E-state index in [0.717, 1.165) is 11.4 Å². The van der Waals surface area contributed by atoms with E-state index in [1.165, 1.54) is 0 Å². The number of aliphatic hydroxyl groups is 1. The van der Waals surface area contributed by atoms with Gasteiger partial charge >= 0.3 is 0 Å². The predicted octanol–water partition coefficient (Wildman–Crippen LogP) is 3.03. The van der Waals surface area contributed by atoms with Crippen molar-refractivity contribution in [2.45, 2.75) is 27.2 Å². The minimum atomic E-state index is -0.0155. The van der Waals surface area contributed by atoms with E-state index in [2.05, 4.69) is 31.2 Å². The number of aryl methyl sites for hydroxylation is 1. The van der Waals surface area contributed by atoms with Crippen LogP contribution in [0.25, 0.3) is 0 Å². The SMILES string of the molecule is Cn1cc(Nc2cccc(C(=O)N(CCCO)CC(C)(C)C)c2)cn1. The van der Waals surface area contributed by atoms with Crippen LogP contribution in [0.15, 0.2) is 36.7 Å². The number of aromatic nitrogens is 2. The van der Waals surface area contributed by atoms with Gasteiger partial charge in [0, 0.05) is 44.2 Å². The smallest absolute Gasteiger partial charge is 0.253 e. The van der Waals surface area contributed by atoms with Gasteiger partial charge in [-0.15, -0.1) is 0 Å². The van der Waals surface area contributed by atoms with E-state index in [4.69, 9.17) is 5.11 Å². The number of anilines is 2. The number of rotatable bonds is 7. The molecule has 136 valence electrons. The summed E-state index contributed by atoms with van der Waals surface area (Å²) < 4.78 is 1.72. The summed E-state index contributed by atoms with van der Waals surface area (Å²) in [6, 6.07) is 7.47. The van der Waals surface area contributed by atoms with Crippen molar-refractivity contribution in [1.82, 2.24) is 14.7 Å². The number of nitrogens with one attached hydrogen (secondary N) is 1. The minimum absolute atomic E-state index is 0.00329. The van der Waals surface area contributed by atoms with E-state index < -0.39 is 0 Å². The van der Waals surface area contributed by atoms with Gasteiger partial charge in [0.05, 0.1) is 11.9 Å². The van der Waals surface area contributed by atoms with Gasteiger partial charge in [-0.3, -0.25) is 9.48 Å². The molecule has 1 amide bonds. The Morgan fingerprint density at radius 3 is 2.68 bits per heavy atom. The van der Waals surface area contributed by atoms with Crippen molar-refractivity contribution in [3.05, 3.63) is 42.2 Å². The Morgan fingerprint density at radius 1 is 1.32 bits per heavy atom. The van der Waals surface area contributed by atoms with Crippen LogP contribution in [-0.4, -0.2) is 45.4 Å². The predicted molar refractivity (Wildman–Crippen MR) is 100.0 cm³/mol. The summed E-state index contributed by atoms with van der Waals surface area (Å²) in [5.41, 5.74) is 2.35. The fourth-order valence-corrected chi connectivity index (χ4v) is 2.65. The van der Waals surface area contributed by atoms with E-state index in [9.17, 15) is 4.79 Å². The lowest BCUT2D eigenvalue weighted by Gasteiger charge is -2.30. The highest BCUT2D eigenvalue weighted by Crippen LogP contribution is 2.21. The zero-order chi connectivity index (χ0) is 18.4. The third-order valence-corrected chi connectivity index (χ3v) is 3.64. The van der Waals surface area contributed by atoms with Gasteiger partial charge in [0.2, 0.25) is 0 Å². The number of amides is 1. The van der Waals surface area contributed by atoms with Gasteiger partial charge in [-0.05, 0) is 30.0 Å². The van der Waals surface area contributed by atoms with Crippen LogP contribution in [-0.2, 0) is 7.05 Å². The molecule has 0 aliphatic carbocycles. The molecule has 0 radical (unpaired) electrons. The molecule has 6 heteroatoms. The first-order valence-electron chi connectivity index (χ1n) is 8.54. The van der Waals surface area contributed by atoms with E-state index in [1.54, 1.807) is 10.9 Å². The van der Waals surface area contributed by atoms with Crippen LogP contribution < -0.4 is 5.32 Å². The van der Waals surface area contributed by atoms with Crippen LogP contribution in [0.1, 0.15) is 37.6 Å². The second kappa shape index (κ2) is 8.16. The molecule has 2 N–H and O–H groups in total. The molecule has 0 aliphatic heterocycles. The molecule has 1 aromatic carbocycles. The van der Waals surface area contributed by atoms with Gasteiger partial charge in [0.15, 0.2) is 0 Å². The number of carbonyl (C=O) groups excluding carboxylic acids is 1. The molecule has 0 spiro atoms. The molecule has 0 bridgehead atoms. The maximum atomic E-state index is 12.9. The normalized spacial score (nSPS) is 11.4. The molecule has 25 heavy (non-hydrogen) atoms. The van der Waals surface area contributed by atoms with E-state index in [-0.39, 0.29) is 17.9 Å². The third kappa shape index (κ3) is 5.90. The topological polar surface area (TPSA) is 70.4 Å². The summed E-state index contributed by atoms with van der Waals surface area (Å²) in [5, 5.41) is 16.5. The number of hydrogen-bond acceptors (Lipinski definition) is 4. The van der Waals surface area contributed by atoms with Crippen molar-refractivity contribution in [1.29, 1.82) is 0 Å². The lowest BCUT2D eigenvalue weighted by Crippen LogP contribution is -2.38. The van der Waals surface area contributed by atoms with E-state index >= 15 is 0 Å². The van der Waals surface area contributed by atoms with Gasteiger partial charge in [0.1, 0.15) is 0 Å². The van der Waals surface area contributed by atoms with Crippen LogP contribution in [0, 0.1) is 5.41 Å². The molecule has 0 aliphatic rings. The quantitative estimate of drug-likeness (QED) is 0.810. The number of nitrogens with zero attached hydrogens (tertiary/aromatic N) is 3. The molecule has 0 atom stereocenters. The maximum Gasteiger partial charge on any atom is 0.253 e. The Labute approximate surface area is 149 Å². The highest BCUT2D eigenvalue weighted by molar-refractivity contribution is 5.95. The number of carbonyl (C=O) groups is 1. The summed E-state index contributed by atoms with van der Waals surface area (Å²) in [7, 11) is 1.86. The molecule has 1 heterocycles. The lowest BCUT2D eigenvalue weighted by atomic mass is 9.95. The zero-order valence-electron chi connectivity index (χ0n) is 15.5. The Morgan fingerprint density at radius 2 is 2.08 bits per heavy atom. The van der Waals surface area contributed by atoms with Crippen molar-refractivity contribution >= 4 is 17.3 Å². The lowest BCUT2D eigenvalue weighted by molar-refractivity contribution is 0.0682. The molecule has 2 rings (SSSR count). The number of benzene rings is 1. The Balaban J connectivity index is 2.16. The average molecular weight is 344 g/mol. The molecule has 0 saturated carbocycles. The van der Waals surface area contributed by atoms with Crippen molar-refractivity contribution in [2.75, 3.05) is 25.0 Å². The number of hydrogen-bond donors (Lipinski definition) is 2. The maximum absolute atomic E-state index is 12.9. The molecule has 2 aromatic rings. The molecule has 0 fully saturated rings. The molecular formula is C19H28N4O2. The molecule has 0 unspecified atom stereocenters. The summed E-state index contributed by atoms with van der Waals surface area (Å²) in [6.45, 7) is 7.58. The third-order valence-electron chi connectivity index (χ3n) is 3.64. The number of aliphatic hydroxyl groups excluding tert-OH is 1. The van der Waals surface area contributed by atoms with Gasteiger partial charge in [-0.2, -0.15) is 5.10 Å². The van der Waals surface area contributed by atoms with Gasteiger partial charge in [0.25, 0.3) is 5.91 Å². The van der Waals surface area contributed by atoms with Crippen LogP contribution >= 0.6 is 0 Å². The van der Waals surface area contributed by atoms with Crippen LogP contribution in [0.4, 0.5) is 11.4 Å². The summed E-state index contributed by atoms with van der Waals surface area (Å²) in [4.78, 5) is 14.8. The monoisotopic (exact) mass is 344 g/mol. The Kier molecular flexibility index (Phi) is 6.20. The standard InChI is InChI=1S/C19H28N4O2/c1-19(2,3)14-23(9-6-10-24)18(25)15-7-5-8-16(11-15)21-17-12-20-22(4)13-17/h5,7-8,11-13,21,24H,6,9-10,14H2,1-4H3. The van der Waals surface area contributed by atoms with Gasteiger partial charge in [-0.25, -0.2) is 0 Å². The first-order chi connectivity index (χ1) is 11.8. The van der Waals surface area contributed by atoms with Crippen molar-refractivity contribution in [2.24, 2.45) is 12.5 Å². The fraction of sp³-hybridized carbons (Fsp3) is 0.474. The van der Waals surface area contributed by atoms with Gasteiger partial charge in [-0.1, -0.05) is 26.8 Å². The van der Waals surface area contributed by atoms with Gasteiger partial charge < -0.3 is 15.3 Å². The minimum Gasteiger partial charge on any atom is -0.396 e. The van der Waals surface area contributed by atoms with Crippen LogP contribution in [0.3, 0.4) is 0 Å². The van der Waals surface area contributed by atoms with E-state index in [0.29, 0.717) is 25.1 Å². The van der Waals surface area contributed by atoms with Crippen LogP contribution in [0.2, 0.25) is 0 Å². The molecule has 6 nitrogen and oxygen atoms in total. The second-order valence-electron chi connectivity index (χ2n) is 7.47. The van der Waals surface area contributed by atoms with Crippen molar-refractivity contribution in [3.63, 3.8) is 0 Å². The summed E-state index contributed by atoms with van der Waals surface area (Å²) in [5.74, 6) is -0.0155. The average Bonchev–Trinajstić information content (AvgIpc) is 2.95. The zero-order valence-corrected chi connectivity index (χ0v) is 15.5. The highest BCUT2D eigenvalue weighted by atomic mass is 16.3. The fourth-order valence-electron chi connectivity index (χ4n) is 2.65.